The van der Waals surface area contributed by atoms with Gasteiger partial charge in [-0.05, 0) is 17.7 Å². The van der Waals surface area contributed by atoms with Crippen LogP contribution >= 0.6 is 23.4 Å². The molecule has 0 aromatic heterocycles. The van der Waals surface area contributed by atoms with E-state index in [4.69, 9.17) is 17.3 Å². The number of halogens is 2. The predicted molar refractivity (Wildman–Crippen MR) is 85.9 cm³/mol. The first kappa shape index (κ1) is 17.0. The van der Waals surface area contributed by atoms with Gasteiger partial charge in [0, 0.05) is 41.9 Å². The van der Waals surface area contributed by atoms with Crippen LogP contribution in [0.15, 0.2) is 18.2 Å². The van der Waals surface area contributed by atoms with Crippen molar-refractivity contribution >= 4 is 33.2 Å². The Bertz CT molecular complexity index is 612. The van der Waals surface area contributed by atoms with Gasteiger partial charge in [-0.15, -0.1) is 0 Å². The van der Waals surface area contributed by atoms with Gasteiger partial charge in [-0.2, -0.15) is 11.8 Å². The smallest absolute Gasteiger partial charge is 0.164 e. The van der Waals surface area contributed by atoms with Gasteiger partial charge in [0.25, 0.3) is 0 Å². The first-order chi connectivity index (χ1) is 9.84. The second-order valence-corrected chi connectivity index (χ2v) is 8.77. The normalized spacial score (nSPS) is 22.2. The number of hydrogen-bond donors (Lipinski definition) is 1. The van der Waals surface area contributed by atoms with E-state index >= 15 is 0 Å². The monoisotopic (exact) mass is 352 g/mol. The molecule has 2 unspecified atom stereocenters. The summed E-state index contributed by atoms with van der Waals surface area (Å²) in [5.41, 5.74) is 6.52. The fourth-order valence-corrected chi connectivity index (χ4v) is 5.75. The van der Waals surface area contributed by atoms with E-state index in [9.17, 15) is 12.8 Å². The van der Waals surface area contributed by atoms with Crippen LogP contribution in [0.2, 0.25) is 5.02 Å². The molecule has 2 atom stereocenters. The Morgan fingerprint density at radius 2 is 2.29 bits per heavy atom. The number of rotatable bonds is 4. The summed E-state index contributed by atoms with van der Waals surface area (Å²) >= 11 is 7.72. The van der Waals surface area contributed by atoms with E-state index in [1.807, 2.05) is 4.90 Å². The molecule has 0 bridgehead atoms. The van der Waals surface area contributed by atoms with Gasteiger partial charge in [0.2, 0.25) is 0 Å². The topological polar surface area (TPSA) is 63.4 Å². The van der Waals surface area contributed by atoms with E-state index in [0.29, 0.717) is 17.9 Å². The van der Waals surface area contributed by atoms with Crippen LogP contribution in [0.3, 0.4) is 0 Å². The van der Waals surface area contributed by atoms with Crippen molar-refractivity contribution in [1.29, 1.82) is 0 Å². The molecule has 2 N–H and O–H groups in total. The van der Waals surface area contributed by atoms with Gasteiger partial charge in [0.05, 0.1) is 0 Å². The van der Waals surface area contributed by atoms with Crippen molar-refractivity contribution in [2.24, 2.45) is 5.73 Å². The number of nitrogens with zero attached hydrogens (tertiary/aromatic N) is 1. The molecule has 0 spiro atoms. The molecule has 2 rings (SSSR count). The lowest BCUT2D eigenvalue weighted by molar-refractivity contribution is 0.198. The van der Waals surface area contributed by atoms with Crippen molar-refractivity contribution in [2.45, 2.75) is 11.4 Å². The van der Waals surface area contributed by atoms with Crippen molar-refractivity contribution in [3.05, 3.63) is 34.6 Å². The molecule has 1 aliphatic rings. The number of hydrogen-bond acceptors (Lipinski definition) is 5. The number of benzene rings is 1. The molecule has 0 radical (unpaired) electrons. The van der Waals surface area contributed by atoms with Crippen molar-refractivity contribution in [3.8, 4) is 0 Å². The van der Waals surface area contributed by atoms with Crippen molar-refractivity contribution < 1.29 is 12.8 Å². The molecule has 1 aromatic rings. The highest BCUT2D eigenvalue weighted by atomic mass is 35.5. The Hall–Kier alpha value is -0.340. The standard InChI is InChI=1S/C13H18ClFN2O2S2/c1-21(18,19)13-8-20-5-4-17(13)12(7-16)10-3-2-9(15)6-11(10)14/h2-3,6,12-13H,4-5,7-8,16H2,1H3. The SMILES string of the molecule is CS(=O)(=O)C1CSCCN1C(CN)c1ccc(F)cc1Cl. The second-order valence-electron chi connectivity index (χ2n) is 5.01. The highest BCUT2D eigenvalue weighted by Crippen LogP contribution is 2.33. The van der Waals surface area contributed by atoms with Crippen LogP contribution in [0.25, 0.3) is 0 Å². The summed E-state index contributed by atoms with van der Waals surface area (Å²) in [5.74, 6) is 0.920. The Balaban J connectivity index is 2.38. The van der Waals surface area contributed by atoms with Crippen LogP contribution in [0.5, 0.6) is 0 Å². The third kappa shape index (κ3) is 3.90. The van der Waals surface area contributed by atoms with Crippen molar-refractivity contribution in [3.63, 3.8) is 0 Å². The fourth-order valence-electron chi connectivity index (χ4n) is 2.53. The minimum Gasteiger partial charge on any atom is -0.329 e. The van der Waals surface area contributed by atoms with E-state index in [0.717, 1.165) is 5.75 Å². The lowest BCUT2D eigenvalue weighted by atomic mass is 10.0. The van der Waals surface area contributed by atoms with Crippen LogP contribution < -0.4 is 5.73 Å². The Morgan fingerprint density at radius 1 is 1.57 bits per heavy atom. The number of nitrogens with two attached hydrogens (primary N) is 1. The van der Waals surface area contributed by atoms with Gasteiger partial charge in [0.15, 0.2) is 9.84 Å². The summed E-state index contributed by atoms with van der Waals surface area (Å²) in [6.07, 6.45) is 1.23. The summed E-state index contributed by atoms with van der Waals surface area (Å²) in [4.78, 5) is 1.87. The highest BCUT2D eigenvalue weighted by molar-refractivity contribution is 8.00. The first-order valence-corrected chi connectivity index (χ1v) is 10.0. The summed E-state index contributed by atoms with van der Waals surface area (Å²) in [6.45, 7) is 0.833. The maximum Gasteiger partial charge on any atom is 0.164 e. The van der Waals surface area contributed by atoms with Gasteiger partial charge in [0.1, 0.15) is 11.2 Å². The van der Waals surface area contributed by atoms with Gasteiger partial charge >= 0.3 is 0 Å². The zero-order valence-electron chi connectivity index (χ0n) is 11.6. The summed E-state index contributed by atoms with van der Waals surface area (Å²) < 4.78 is 37.2. The van der Waals surface area contributed by atoms with E-state index in [-0.39, 0.29) is 17.6 Å². The summed E-state index contributed by atoms with van der Waals surface area (Å²) in [6, 6.07) is 3.79. The molecule has 0 aliphatic carbocycles. The van der Waals surface area contributed by atoms with Crippen LogP contribution in [0.1, 0.15) is 11.6 Å². The maximum atomic E-state index is 13.2. The molecular weight excluding hydrogens is 335 g/mol. The Labute approximate surface area is 133 Å². The Kier molecular flexibility index (Phi) is 5.54. The predicted octanol–water partition coefficient (Wildman–Crippen LogP) is 1.90. The van der Waals surface area contributed by atoms with Gasteiger partial charge in [-0.1, -0.05) is 17.7 Å². The summed E-state index contributed by atoms with van der Waals surface area (Å²) in [7, 11) is -3.23. The van der Waals surface area contributed by atoms with Crippen LogP contribution in [-0.2, 0) is 9.84 Å². The molecule has 1 saturated heterocycles. The van der Waals surface area contributed by atoms with E-state index < -0.39 is 21.0 Å². The van der Waals surface area contributed by atoms with E-state index in [1.165, 1.54) is 18.4 Å². The van der Waals surface area contributed by atoms with Gasteiger partial charge in [-0.3, -0.25) is 4.90 Å². The number of sulfone groups is 1. The molecule has 0 amide bonds. The van der Waals surface area contributed by atoms with Crippen molar-refractivity contribution in [2.75, 3.05) is 30.9 Å². The molecule has 1 heterocycles. The molecule has 1 aliphatic heterocycles. The molecule has 21 heavy (non-hydrogen) atoms. The average molecular weight is 353 g/mol. The molecule has 0 saturated carbocycles. The van der Waals surface area contributed by atoms with Gasteiger partial charge in [-0.25, -0.2) is 12.8 Å². The molecule has 1 fully saturated rings. The minimum atomic E-state index is -3.23. The largest absolute Gasteiger partial charge is 0.329 e. The maximum absolute atomic E-state index is 13.2. The lowest BCUT2D eigenvalue weighted by Gasteiger charge is -2.39. The average Bonchev–Trinajstić information content (AvgIpc) is 2.41. The minimum absolute atomic E-state index is 0.224. The van der Waals surface area contributed by atoms with E-state index in [2.05, 4.69) is 0 Å². The second kappa shape index (κ2) is 6.83. The lowest BCUT2D eigenvalue weighted by Crippen LogP contribution is -2.50. The number of thioether (sulfide) groups is 1. The first-order valence-electron chi connectivity index (χ1n) is 6.52. The van der Waals surface area contributed by atoms with E-state index in [1.54, 1.807) is 17.8 Å². The molecular formula is C13H18ClFN2O2S2. The van der Waals surface area contributed by atoms with Gasteiger partial charge < -0.3 is 5.73 Å². The van der Waals surface area contributed by atoms with Crippen LogP contribution in [0.4, 0.5) is 4.39 Å². The van der Waals surface area contributed by atoms with Crippen LogP contribution in [-0.4, -0.2) is 49.5 Å². The molecule has 8 heteroatoms. The third-order valence-electron chi connectivity index (χ3n) is 3.56. The van der Waals surface area contributed by atoms with Crippen molar-refractivity contribution in [1.82, 2.24) is 4.90 Å². The fraction of sp³-hybridized carbons (Fsp3) is 0.538. The molecule has 118 valence electrons. The zero-order chi connectivity index (χ0) is 15.6. The highest BCUT2D eigenvalue weighted by Gasteiger charge is 2.36. The van der Waals surface area contributed by atoms with Crippen LogP contribution in [0, 0.1) is 5.82 Å². The third-order valence-corrected chi connectivity index (χ3v) is 6.55. The molecule has 1 aromatic carbocycles. The Morgan fingerprint density at radius 3 is 2.86 bits per heavy atom. The quantitative estimate of drug-likeness (QED) is 0.896. The molecule has 4 nitrogen and oxygen atoms in total. The summed E-state index contributed by atoms with van der Waals surface area (Å²) in [5, 5.41) is -0.318. The zero-order valence-corrected chi connectivity index (χ0v) is 14.0.